The van der Waals surface area contributed by atoms with Crippen molar-refractivity contribution in [1.82, 2.24) is 4.98 Å². The van der Waals surface area contributed by atoms with Crippen LogP contribution < -0.4 is 5.73 Å². The number of aromatic nitrogens is 1. The van der Waals surface area contributed by atoms with Gasteiger partial charge in [-0.1, -0.05) is 0 Å². The molecule has 0 fully saturated rings. The van der Waals surface area contributed by atoms with Crippen molar-refractivity contribution in [2.75, 3.05) is 0 Å². The fraction of sp³-hybridized carbons (Fsp3) is 0.167. The molecule has 0 bridgehead atoms. The number of hydrogen-bond donors (Lipinski definition) is 1. The Bertz CT molecular complexity index is 219. The monoisotopic (exact) mass is 312 g/mol. The predicted octanol–water partition coefficient (Wildman–Crippen LogP) is 1.91. The van der Waals surface area contributed by atoms with Crippen molar-refractivity contribution in [1.29, 1.82) is 0 Å². The van der Waals surface area contributed by atoms with Crippen molar-refractivity contribution in [2.45, 2.75) is 6.54 Å². The van der Waals surface area contributed by atoms with E-state index in [-0.39, 0.29) is 0 Å². The van der Waals surface area contributed by atoms with Crippen molar-refractivity contribution >= 4 is 38.5 Å². The highest BCUT2D eigenvalue weighted by Crippen LogP contribution is 2.12. The van der Waals surface area contributed by atoms with E-state index in [2.05, 4.69) is 43.5 Å². The van der Waals surface area contributed by atoms with Gasteiger partial charge in [-0.05, 0) is 50.7 Å². The molecular weight excluding hydrogens is 307 g/mol. The molecule has 4 heteroatoms. The first-order chi connectivity index (χ1) is 4.72. The maximum absolute atomic E-state index is 5.40. The van der Waals surface area contributed by atoms with Gasteiger partial charge in [0.1, 0.15) is 4.60 Å². The topological polar surface area (TPSA) is 38.9 Å². The molecular formula is C6H6BrIN2. The molecule has 1 aromatic rings. The van der Waals surface area contributed by atoms with Crippen LogP contribution in [0.2, 0.25) is 0 Å². The molecule has 0 aliphatic carbocycles. The largest absolute Gasteiger partial charge is 0.325 e. The Labute approximate surface area is 81.5 Å². The minimum Gasteiger partial charge on any atom is -0.325 e. The molecule has 0 radical (unpaired) electrons. The van der Waals surface area contributed by atoms with E-state index < -0.39 is 0 Å². The van der Waals surface area contributed by atoms with Crippen LogP contribution >= 0.6 is 38.5 Å². The summed E-state index contributed by atoms with van der Waals surface area (Å²) in [5, 5.41) is 0. The Morgan fingerprint density at radius 3 is 2.80 bits per heavy atom. The normalized spacial score (nSPS) is 9.90. The van der Waals surface area contributed by atoms with Crippen LogP contribution in [0, 0.1) is 3.57 Å². The maximum atomic E-state index is 5.40. The molecule has 1 heterocycles. The van der Waals surface area contributed by atoms with Gasteiger partial charge in [0, 0.05) is 10.1 Å². The zero-order valence-corrected chi connectivity index (χ0v) is 8.89. The molecule has 0 saturated heterocycles. The average molecular weight is 313 g/mol. The van der Waals surface area contributed by atoms with Gasteiger partial charge < -0.3 is 5.73 Å². The van der Waals surface area contributed by atoms with E-state index in [1.165, 1.54) is 0 Å². The van der Waals surface area contributed by atoms with Crippen LogP contribution in [0.3, 0.4) is 0 Å². The zero-order chi connectivity index (χ0) is 7.56. The summed E-state index contributed by atoms with van der Waals surface area (Å²) < 4.78 is 2.00. The second kappa shape index (κ2) is 3.64. The van der Waals surface area contributed by atoms with E-state index in [9.17, 15) is 0 Å². The summed E-state index contributed by atoms with van der Waals surface area (Å²) in [7, 11) is 0. The third-order valence-electron chi connectivity index (χ3n) is 1.02. The SMILES string of the molecule is NCc1cc(I)cc(Br)n1. The smallest absolute Gasteiger partial charge is 0.107 e. The highest BCUT2D eigenvalue weighted by atomic mass is 127. The van der Waals surface area contributed by atoms with Gasteiger partial charge in [0.2, 0.25) is 0 Å². The Morgan fingerprint density at radius 1 is 1.60 bits per heavy atom. The van der Waals surface area contributed by atoms with Crippen LogP contribution in [0.15, 0.2) is 16.7 Å². The van der Waals surface area contributed by atoms with Crippen LogP contribution in [0.25, 0.3) is 0 Å². The zero-order valence-electron chi connectivity index (χ0n) is 5.14. The number of nitrogens with two attached hydrogens (primary N) is 1. The van der Waals surface area contributed by atoms with Crippen LogP contribution in [0.1, 0.15) is 5.69 Å². The summed E-state index contributed by atoms with van der Waals surface area (Å²) in [5.74, 6) is 0. The molecule has 0 aliphatic rings. The molecule has 54 valence electrons. The first-order valence-electron chi connectivity index (χ1n) is 2.74. The number of pyridine rings is 1. The third kappa shape index (κ3) is 2.17. The van der Waals surface area contributed by atoms with Crippen LogP contribution in [0.5, 0.6) is 0 Å². The minimum absolute atomic E-state index is 0.495. The van der Waals surface area contributed by atoms with Crippen molar-refractivity contribution in [3.63, 3.8) is 0 Å². The lowest BCUT2D eigenvalue weighted by Crippen LogP contribution is -1.99. The molecule has 0 atom stereocenters. The predicted molar refractivity (Wildman–Crippen MR) is 52.5 cm³/mol. The lowest BCUT2D eigenvalue weighted by Gasteiger charge is -1.97. The highest BCUT2D eigenvalue weighted by molar-refractivity contribution is 14.1. The van der Waals surface area contributed by atoms with Gasteiger partial charge in [0.25, 0.3) is 0 Å². The highest BCUT2D eigenvalue weighted by Gasteiger charge is 1.95. The van der Waals surface area contributed by atoms with E-state index in [0.717, 1.165) is 13.9 Å². The number of nitrogens with zero attached hydrogens (tertiary/aromatic N) is 1. The average Bonchev–Trinajstić information content (AvgIpc) is 1.85. The summed E-state index contributed by atoms with van der Waals surface area (Å²) in [5.41, 5.74) is 6.32. The summed E-state index contributed by atoms with van der Waals surface area (Å²) >= 11 is 5.51. The van der Waals surface area contributed by atoms with Crippen molar-refractivity contribution < 1.29 is 0 Å². The molecule has 10 heavy (non-hydrogen) atoms. The van der Waals surface area contributed by atoms with Gasteiger partial charge in [-0.25, -0.2) is 4.98 Å². The van der Waals surface area contributed by atoms with Crippen molar-refractivity contribution in [3.8, 4) is 0 Å². The Balaban J connectivity index is 3.06. The van der Waals surface area contributed by atoms with Crippen LogP contribution in [-0.2, 0) is 6.54 Å². The molecule has 0 aromatic carbocycles. The van der Waals surface area contributed by atoms with Crippen molar-refractivity contribution in [3.05, 3.63) is 26.0 Å². The minimum atomic E-state index is 0.495. The van der Waals surface area contributed by atoms with E-state index in [1.54, 1.807) is 0 Å². The molecule has 1 aromatic heterocycles. The second-order valence-electron chi connectivity index (χ2n) is 1.80. The fourth-order valence-electron chi connectivity index (χ4n) is 0.621. The van der Waals surface area contributed by atoms with Gasteiger partial charge in [-0.3, -0.25) is 0 Å². The Kier molecular flexibility index (Phi) is 3.06. The second-order valence-corrected chi connectivity index (χ2v) is 3.86. The first-order valence-corrected chi connectivity index (χ1v) is 4.61. The maximum Gasteiger partial charge on any atom is 0.107 e. The molecule has 0 spiro atoms. The molecule has 0 unspecified atom stereocenters. The van der Waals surface area contributed by atoms with Gasteiger partial charge in [0.05, 0.1) is 5.69 Å². The lowest BCUT2D eigenvalue weighted by atomic mass is 10.4. The Hall–Kier alpha value is 0.320. The summed E-state index contributed by atoms with van der Waals surface area (Å²) in [6, 6.07) is 3.91. The fourth-order valence-corrected chi connectivity index (χ4v) is 2.18. The number of halogens is 2. The summed E-state index contributed by atoms with van der Waals surface area (Å²) in [6.45, 7) is 0.495. The van der Waals surface area contributed by atoms with Crippen LogP contribution in [0.4, 0.5) is 0 Å². The molecule has 0 aliphatic heterocycles. The number of rotatable bonds is 1. The standard InChI is InChI=1S/C6H6BrIN2/c7-6-2-4(8)1-5(3-9)10-6/h1-2H,3,9H2. The lowest BCUT2D eigenvalue weighted by molar-refractivity contribution is 0.976. The van der Waals surface area contributed by atoms with Crippen LogP contribution in [-0.4, -0.2) is 4.98 Å². The van der Waals surface area contributed by atoms with Gasteiger partial charge >= 0.3 is 0 Å². The quantitative estimate of drug-likeness (QED) is 0.635. The first kappa shape index (κ1) is 8.42. The summed E-state index contributed by atoms with van der Waals surface area (Å²) in [6.07, 6.45) is 0. The van der Waals surface area contributed by atoms with Crippen molar-refractivity contribution in [2.24, 2.45) is 5.73 Å². The van der Waals surface area contributed by atoms with Gasteiger partial charge in [-0.2, -0.15) is 0 Å². The molecule has 0 saturated carbocycles. The van der Waals surface area contributed by atoms with Gasteiger partial charge in [0.15, 0.2) is 0 Å². The van der Waals surface area contributed by atoms with E-state index in [1.807, 2.05) is 12.1 Å². The summed E-state index contributed by atoms with van der Waals surface area (Å²) in [4.78, 5) is 4.14. The van der Waals surface area contributed by atoms with E-state index in [0.29, 0.717) is 6.54 Å². The molecule has 2 nitrogen and oxygen atoms in total. The molecule has 2 N–H and O–H groups in total. The van der Waals surface area contributed by atoms with Gasteiger partial charge in [-0.15, -0.1) is 0 Å². The number of hydrogen-bond acceptors (Lipinski definition) is 2. The molecule has 1 rings (SSSR count). The van der Waals surface area contributed by atoms with E-state index >= 15 is 0 Å². The molecule has 0 amide bonds. The third-order valence-corrected chi connectivity index (χ3v) is 2.05. The Morgan fingerprint density at radius 2 is 2.30 bits per heavy atom. The van der Waals surface area contributed by atoms with E-state index in [4.69, 9.17) is 5.73 Å².